The van der Waals surface area contributed by atoms with E-state index in [1.807, 2.05) is 42.5 Å². The first-order chi connectivity index (χ1) is 9.58. The van der Waals surface area contributed by atoms with Crippen molar-refractivity contribution in [3.8, 4) is 5.75 Å². The summed E-state index contributed by atoms with van der Waals surface area (Å²) in [6.07, 6.45) is 0.755. The summed E-state index contributed by atoms with van der Waals surface area (Å²) in [4.78, 5) is 10.7. The second-order valence-electron chi connectivity index (χ2n) is 4.44. The Bertz CT molecular complexity index is 612. The summed E-state index contributed by atoms with van der Waals surface area (Å²) in [5.74, 6) is 0.676. The van der Waals surface area contributed by atoms with Gasteiger partial charge in [-0.25, -0.2) is 4.79 Å². The van der Waals surface area contributed by atoms with Gasteiger partial charge in [0.05, 0.1) is 7.11 Å². The van der Waals surface area contributed by atoms with E-state index < -0.39 is 6.03 Å². The molecule has 0 aromatic heterocycles. The van der Waals surface area contributed by atoms with E-state index in [0.29, 0.717) is 16.9 Å². The molecule has 0 atom stereocenters. The third-order valence-electron chi connectivity index (χ3n) is 2.92. The number of rotatable bonds is 4. The predicted molar refractivity (Wildman–Crippen MR) is 80.8 cm³/mol. The van der Waals surface area contributed by atoms with Gasteiger partial charge in [-0.2, -0.15) is 0 Å². The average molecular weight is 266 g/mol. The summed E-state index contributed by atoms with van der Waals surface area (Å²) in [6.45, 7) is 0. The summed E-state index contributed by atoms with van der Waals surface area (Å²) in [5.41, 5.74) is 8.56. The maximum Gasteiger partial charge on any atom is 0.316 e. The Balaban J connectivity index is 2.10. The topological polar surface area (TPSA) is 64.3 Å². The second kappa shape index (κ2) is 6.15. The molecule has 100 valence electrons. The third-order valence-corrected chi connectivity index (χ3v) is 2.92. The normalized spacial score (nSPS) is 10.1. The largest absolute Gasteiger partial charge is 0.497 e. The number of ether oxygens (including phenoxy) is 1. The summed E-state index contributed by atoms with van der Waals surface area (Å²) >= 11 is 0. The van der Waals surface area contributed by atoms with Crippen molar-refractivity contribution < 1.29 is 9.53 Å². The SMILES string of the molecule is [B]c1cc(Cc2ccc(NC(N)=O)cc2)ccc1OC. The molecule has 0 heterocycles. The van der Waals surface area contributed by atoms with Gasteiger partial charge in [-0.05, 0) is 35.7 Å². The Morgan fingerprint density at radius 2 is 1.85 bits per heavy atom. The first kappa shape index (κ1) is 14.0. The van der Waals surface area contributed by atoms with Crippen LogP contribution in [0.2, 0.25) is 0 Å². The van der Waals surface area contributed by atoms with Crippen LogP contribution in [0, 0.1) is 0 Å². The Kier molecular flexibility index (Phi) is 4.30. The van der Waals surface area contributed by atoms with Gasteiger partial charge < -0.3 is 15.8 Å². The lowest BCUT2D eigenvalue weighted by atomic mass is 9.91. The van der Waals surface area contributed by atoms with E-state index in [-0.39, 0.29) is 0 Å². The van der Waals surface area contributed by atoms with E-state index in [4.69, 9.17) is 18.3 Å². The molecule has 2 aromatic carbocycles. The number of methoxy groups -OCH3 is 1. The number of urea groups is 1. The van der Waals surface area contributed by atoms with E-state index in [0.717, 1.165) is 17.5 Å². The van der Waals surface area contributed by atoms with Crippen molar-refractivity contribution in [2.24, 2.45) is 5.73 Å². The van der Waals surface area contributed by atoms with Crippen LogP contribution in [0.25, 0.3) is 0 Å². The monoisotopic (exact) mass is 266 g/mol. The standard InChI is InChI=1S/C15H15BN2O2/c1-20-14-7-4-11(9-13(14)16)8-10-2-5-12(6-3-10)18-15(17)19/h2-7,9H,8H2,1H3,(H3,17,18,19). The fraction of sp³-hybridized carbons (Fsp3) is 0.133. The molecule has 20 heavy (non-hydrogen) atoms. The van der Waals surface area contributed by atoms with E-state index in [2.05, 4.69) is 5.32 Å². The zero-order valence-corrected chi connectivity index (χ0v) is 11.2. The first-order valence-corrected chi connectivity index (χ1v) is 6.16. The third kappa shape index (κ3) is 3.54. The van der Waals surface area contributed by atoms with Crippen LogP contribution in [0.3, 0.4) is 0 Å². The molecule has 0 aliphatic carbocycles. The molecule has 2 radical (unpaired) electrons. The highest BCUT2D eigenvalue weighted by Crippen LogP contribution is 2.15. The zero-order valence-electron chi connectivity index (χ0n) is 11.2. The number of benzene rings is 2. The highest BCUT2D eigenvalue weighted by atomic mass is 16.5. The molecule has 0 aliphatic rings. The van der Waals surface area contributed by atoms with Gasteiger partial charge in [-0.1, -0.05) is 29.7 Å². The first-order valence-electron chi connectivity index (χ1n) is 6.16. The number of anilines is 1. The summed E-state index contributed by atoms with van der Waals surface area (Å²) in [7, 11) is 7.47. The number of carbonyl (C=O) groups is 1. The fourth-order valence-electron chi connectivity index (χ4n) is 1.98. The molecule has 0 saturated carbocycles. The van der Waals surface area contributed by atoms with E-state index in [1.54, 1.807) is 7.11 Å². The number of hydrogen-bond acceptors (Lipinski definition) is 2. The van der Waals surface area contributed by atoms with Crippen LogP contribution < -0.4 is 21.3 Å². The molecule has 3 N–H and O–H groups in total. The van der Waals surface area contributed by atoms with Crippen LogP contribution in [-0.2, 0) is 6.42 Å². The highest BCUT2D eigenvalue weighted by Gasteiger charge is 2.02. The number of carbonyl (C=O) groups excluding carboxylic acids is 1. The Labute approximate surface area is 119 Å². The van der Waals surface area contributed by atoms with Crippen molar-refractivity contribution in [3.05, 3.63) is 53.6 Å². The van der Waals surface area contributed by atoms with Gasteiger partial charge in [0.15, 0.2) is 0 Å². The number of nitrogens with two attached hydrogens (primary N) is 1. The van der Waals surface area contributed by atoms with E-state index >= 15 is 0 Å². The van der Waals surface area contributed by atoms with Crippen LogP contribution in [0.4, 0.5) is 10.5 Å². The van der Waals surface area contributed by atoms with Gasteiger partial charge in [-0.3, -0.25) is 0 Å². The van der Waals surface area contributed by atoms with Crippen LogP contribution in [0.5, 0.6) is 5.75 Å². The van der Waals surface area contributed by atoms with Crippen LogP contribution in [-0.4, -0.2) is 21.0 Å². The van der Waals surface area contributed by atoms with Crippen LogP contribution in [0.1, 0.15) is 11.1 Å². The van der Waals surface area contributed by atoms with Crippen molar-refractivity contribution in [2.45, 2.75) is 6.42 Å². The Morgan fingerprint density at radius 1 is 1.20 bits per heavy atom. The molecule has 4 nitrogen and oxygen atoms in total. The predicted octanol–water partition coefficient (Wildman–Crippen LogP) is 1.57. The average Bonchev–Trinajstić information content (AvgIpc) is 2.41. The Morgan fingerprint density at radius 3 is 2.40 bits per heavy atom. The second-order valence-corrected chi connectivity index (χ2v) is 4.44. The fourth-order valence-corrected chi connectivity index (χ4v) is 1.98. The molecule has 2 rings (SSSR count). The molecule has 2 aromatic rings. The van der Waals surface area contributed by atoms with E-state index in [9.17, 15) is 4.79 Å². The minimum Gasteiger partial charge on any atom is -0.497 e. The number of nitrogens with one attached hydrogen (secondary N) is 1. The molecule has 0 unspecified atom stereocenters. The molecular formula is C15H15BN2O2. The highest BCUT2D eigenvalue weighted by molar-refractivity contribution is 6.34. The summed E-state index contributed by atoms with van der Waals surface area (Å²) in [6, 6.07) is 12.7. The van der Waals surface area contributed by atoms with E-state index in [1.165, 1.54) is 0 Å². The maximum absolute atomic E-state index is 10.7. The zero-order chi connectivity index (χ0) is 14.5. The minimum atomic E-state index is -0.569. The van der Waals surface area contributed by atoms with Crippen molar-refractivity contribution in [1.29, 1.82) is 0 Å². The molecule has 2 amide bonds. The van der Waals surface area contributed by atoms with Gasteiger partial charge in [0.1, 0.15) is 13.6 Å². The lowest BCUT2D eigenvalue weighted by molar-refractivity contribution is 0.259. The molecule has 0 fully saturated rings. The Hall–Kier alpha value is -2.43. The quantitative estimate of drug-likeness (QED) is 0.825. The van der Waals surface area contributed by atoms with Gasteiger partial charge in [0.25, 0.3) is 0 Å². The van der Waals surface area contributed by atoms with Crippen molar-refractivity contribution >= 4 is 25.0 Å². The van der Waals surface area contributed by atoms with Gasteiger partial charge in [0, 0.05) is 5.69 Å². The molecule has 0 saturated heterocycles. The van der Waals surface area contributed by atoms with Crippen molar-refractivity contribution in [2.75, 3.05) is 12.4 Å². The van der Waals surface area contributed by atoms with Gasteiger partial charge >= 0.3 is 6.03 Å². The van der Waals surface area contributed by atoms with Crippen LogP contribution >= 0.6 is 0 Å². The molecule has 5 heteroatoms. The van der Waals surface area contributed by atoms with Crippen LogP contribution in [0.15, 0.2) is 42.5 Å². The van der Waals surface area contributed by atoms with Crippen molar-refractivity contribution in [3.63, 3.8) is 0 Å². The number of primary amides is 1. The smallest absolute Gasteiger partial charge is 0.316 e. The van der Waals surface area contributed by atoms with Gasteiger partial charge in [0.2, 0.25) is 0 Å². The lowest BCUT2D eigenvalue weighted by Crippen LogP contribution is -2.19. The molecule has 0 aliphatic heterocycles. The molecule has 0 bridgehead atoms. The number of hydrogen-bond donors (Lipinski definition) is 2. The summed E-state index contributed by atoms with van der Waals surface area (Å²) < 4.78 is 5.13. The summed E-state index contributed by atoms with van der Waals surface area (Å²) in [5, 5.41) is 2.52. The minimum absolute atomic E-state index is 0.569. The number of amides is 2. The van der Waals surface area contributed by atoms with Crippen molar-refractivity contribution in [1.82, 2.24) is 0 Å². The lowest BCUT2D eigenvalue weighted by Gasteiger charge is -2.08. The van der Waals surface area contributed by atoms with Gasteiger partial charge in [-0.15, -0.1) is 0 Å². The molecular weight excluding hydrogens is 251 g/mol. The molecule has 0 spiro atoms. The maximum atomic E-state index is 10.7.